The van der Waals surface area contributed by atoms with Gasteiger partial charge in [-0.15, -0.1) is 0 Å². The number of carbonyl (C=O) groups excluding carboxylic acids is 2. The standard InChI is InChI=1S/C35H59NO6SSi/c1-22(2)30(20-26-16-18-29(40-26)25(6)34(38)43-32-14-12-13-19-36-32)41-33(37)24(5)28-17-15-27(39-28)21-31(23(3)4)42-44(10,11)35(7,8)9/h12-14,19,22-31H,15-18,20-21H2,1-11H3/t24-,25+,26-,27+,28-,29+,30+,31-/m1/s1. The first-order chi connectivity index (χ1) is 20.5. The normalized spacial score (nSPS) is 25.7. The third kappa shape index (κ3) is 10.4. The minimum atomic E-state index is -1.90. The largest absolute Gasteiger partial charge is 0.462 e. The summed E-state index contributed by atoms with van der Waals surface area (Å²) in [4.78, 5) is 30.5. The zero-order chi connectivity index (χ0) is 32.8. The second kappa shape index (κ2) is 16.0. The Labute approximate surface area is 272 Å². The Hall–Kier alpha value is -1.26. The van der Waals surface area contributed by atoms with Gasteiger partial charge in [0.05, 0.1) is 36.3 Å². The van der Waals surface area contributed by atoms with Crippen molar-refractivity contribution in [3.63, 3.8) is 0 Å². The average molecular weight is 650 g/mol. The fraction of sp³-hybridized carbons (Fsp3) is 0.800. The molecule has 0 spiro atoms. The second-order valence-electron chi connectivity index (χ2n) is 15.3. The molecular formula is C35H59NO6SSi. The summed E-state index contributed by atoms with van der Waals surface area (Å²) in [5.74, 6) is -0.207. The van der Waals surface area contributed by atoms with Crippen LogP contribution in [-0.4, -0.2) is 61.0 Å². The summed E-state index contributed by atoms with van der Waals surface area (Å²) in [5, 5.41) is 0.928. The smallest absolute Gasteiger partial charge is 0.311 e. The van der Waals surface area contributed by atoms with Crippen molar-refractivity contribution >= 4 is 31.2 Å². The first-order valence-corrected chi connectivity index (χ1v) is 20.5. The molecule has 0 radical (unpaired) electrons. The predicted molar refractivity (Wildman–Crippen MR) is 180 cm³/mol. The third-order valence-corrected chi connectivity index (χ3v) is 15.5. The van der Waals surface area contributed by atoms with Crippen LogP contribution < -0.4 is 0 Å². The lowest BCUT2D eigenvalue weighted by molar-refractivity contribution is -0.163. The topological polar surface area (TPSA) is 84.0 Å². The summed E-state index contributed by atoms with van der Waals surface area (Å²) in [7, 11) is -1.90. The van der Waals surface area contributed by atoms with Crippen LogP contribution in [-0.2, 0) is 28.2 Å². The molecule has 2 aliphatic heterocycles. The number of hydrogen-bond acceptors (Lipinski definition) is 8. The number of aromatic nitrogens is 1. The predicted octanol–water partition coefficient (Wildman–Crippen LogP) is 8.46. The van der Waals surface area contributed by atoms with Crippen LogP contribution in [0.15, 0.2) is 29.4 Å². The fourth-order valence-corrected chi connectivity index (χ4v) is 7.98. The molecule has 0 N–H and O–H groups in total. The van der Waals surface area contributed by atoms with Crippen molar-refractivity contribution in [2.24, 2.45) is 23.7 Å². The van der Waals surface area contributed by atoms with Gasteiger partial charge in [0, 0.05) is 18.7 Å². The molecule has 0 aliphatic carbocycles. The highest BCUT2D eigenvalue weighted by atomic mass is 32.2. The van der Waals surface area contributed by atoms with Gasteiger partial charge < -0.3 is 18.6 Å². The van der Waals surface area contributed by atoms with Gasteiger partial charge in [0.2, 0.25) is 5.12 Å². The van der Waals surface area contributed by atoms with Gasteiger partial charge in [-0.05, 0) is 92.9 Å². The molecule has 0 unspecified atom stereocenters. The van der Waals surface area contributed by atoms with E-state index in [1.54, 1.807) is 6.20 Å². The SMILES string of the molecule is CC(C)[C@H](C[C@H]1CC[C@@H]([C@H](C)C(=O)Sc2ccccn2)O1)OC(=O)[C@H](C)[C@H]1CC[C@@H](C[C@@H](O[Si](C)(C)C(C)(C)C)C(C)C)O1. The summed E-state index contributed by atoms with van der Waals surface area (Å²) in [6.07, 6.45) is 6.35. The molecule has 3 heterocycles. The lowest BCUT2D eigenvalue weighted by Gasteiger charge is -2.41. The summed E-state index contributed by atoms with van der Waals surface area (Å²) in [6, 6.07) is 5.57. The molecule has 44 heavy (non-hydrogen) atoms. The molecule has 0 amide bonds. The average Bonchev–Trinajstić information content (AvgIpc) is 3.61. The third-order valence-electron chi connectivity index (χ3n) is 9.98. The molecule has 2 fully saturated rings. The highest BCUT2D eigenvalue weighted by Gasteiger charge is 2.42. The van der Waals surface area contributed by atoms with Gasteiger partial charge in [0.25, 0.3) is 0 Å². The van der Waals surface area contributed by atoms with Crippen LogP contribution in [0.1, 0.15) is 101 Å². The van der Waals surface area contributed by atoms with E-state index in [2.05, 4.69) is 66.5 Å². The van der Waals surface area contributed by atoms with Gasteiger partial charge in [0.1, 0.15) is 11.1 Å². The van der Waals surface area contributed by atoms with E-state index in [9.17, 15) is 9.59 Å². The summed E-state index contributed by atoms with van der Waals surface area (Å²) in [6.45, 7) is 23.9. The highest BCUT2D eigenvalue weighted by Crippen LogP contribution is 2.40. The van der Waals surface area contributed by atoms with Crippen LogP contribution in [0.5, 0.6) is 0 Å². The quantitative estimate of drug-likeness (QED) is 0.113. The molecule has 3 rings (SSSR count). The van der Waals surface area contributed by atoms with E-state index in [0.29, 0.717) is 17.4 Å². The molecule has 0 bridgehead atoms. The maximum absolute atomic E-state index is 13.4. The van der Waals surface area contributed by atoms with E-state index in [1.807, 2.05) is 32.0 Å². The Kier molecular flexibility index (Phi) is 13.5. The van der Waals surface area contributed by atoms with Crippen molar-refractivity contribution in [2.75, 3.05) is 0 Å². The Morgan fingerprint density at radius 2 is 1.43 bits per heavy atom. The minimum absolute atomic E-state index is 0.0356. The highest BCUT2D eigenvalue weighted by molar-refractivity contribution is 8.13. The first kappa shape index (κ1) is 37.2. The molecule has 0 saturated carbocycles. The summed E-state index contributed by atoms with van der Waals surface area (Å²) < 4.78 is 25.8. The Morgan fingerprint density at radius 1 is 0.886 bits per heavy atom. The van der Waals surface area contributed by atoms with Crippen LogP contribution in [0.4, 0.5) is 0 Å². The summed E-state index contributed by atoms with van der Waals surface area (Å²) >= 11 is 1.17. The van der Waals surface area contributed by atoms with Crippen LogP contribution in [0.3, 0.4) is 0 Å². The maximum atomic E-state index is 13.4. The zero-order valence-electron chi connectivity index (χ0n) is 29.1. The Bertz CT molecular complexity index is 1060. The Morgan fingerprint density at radius 3 is 1.93 bits per heavy atom. The molecule has 1 aromatic rings. The van der Waals surface area contributed by atoms with Crippen molar-refractivity contribution in [3.05, 3.63) is 24.4 Å². The maximum Gasteiger partial charge on any atom is 0.311 e. The van der Waals surface area contributed by atoms with Crippen molar-refractivity contribution in [1.29, 1.82) is 0 Å². The van der Waals surface area contributed by atoms with E-state index in [1.165, 1.54) is 11.8 Å². The van der Waals surface area contributed by atoms with Gasteiger partial charge in [-0.25, -0.2) is 4.98 Å². The van der Waals surface area contributed by atoms with E-state index >= 15 is 0 Å². The molecule has 2 saturated heterocycles. The molecule has 9 heteroatoms. The van der Waals surface area contributed by atoms with Crippen LogP contribution in [0.25, 0.3) is 0 Å². The summed E-state index contributed by atoms with van der Waals surface area (Å²) in [5.41, 5.74) is 0. The molecule has 250 valence electrons. The molecule has 7 nitrogen and oxygen atoms in total. The lowest BCUT2D eigenvalue weighted by atomic mass is 9.97. The molecule has 2 aliphatic rings. The van der Waals surface area contributed by atoms with E-state index in [4.69, 9.17) is 18.6 Å². The first-order valence-electron chi connectivity index (χ1n) is 16.8. The van der Waals surface area contributed by atoms with Gasteiger partial charge in [0.15, 0.2) is 8.32 Å². The van der Waals surface area contributed by atoms with Crippen molar-refractivity contribution < 1.29 is 28.2 Å². The molecule has 8 atom stereocenters. The number of ether oxygens (including phenoxy) is 3. The van der Waals surface area contributed by atoms with E-state index in [-0.39, 0.29) is 70.5 Å². The number of thioether (sulfide) groups is 1. The number of hydrogen-bond donors (Lipinski definition) is 0. The number of nitrogens with zero attached hydrogens (tertiary/aromatic N) is 1. The molecule has 0 aromatic carbocycles. The zero-order valence-corrected chi connectivity index (χ0v) is 30.9. The number of pyridine rings is 1. The number of rotatable bonds is 14. The molecule has 1 aromatic heterocycles. The minimum Gasteiger partial charge on any atom is -0.462 e. The van der Waals surface area contributed by atoms with Crippen LogP contribution in [0, 0.1) is 23.7 Å². The van der Waals surface area contributed by atoms with E-state index in [0.717, 1.165) is 32.1 Å². The molecular weight excluding hydrogens is 591 g/mol. The van der Waals surface area contributed by atoms with Crippen LogP contribution in [0.2, 0.25) is 18.1 Å². The number of carbonyl (C=O) groups is 2. The van der Waals surface area contributed by atoms with Crippen LogP contribution >= 0.6 is 11.8 Å². The fourth-order valence-electron chi connectivity index (χ4n) is 5.70. The number of esters is 1. The van der Waals surface area contributed by atoms with Gasteiger partial charge in [-0.1, -0.05) is 61.5 Å². The second-order valence-corrected chi connectivity index (χ2v) is 21.0. The van der Waals surface area contributed by atoms with E-state index < -0.39 is 8.32 Å². The lowest BCUT2D eigenvalue weighted by Crippen LogP contribution is -2.46. The van der Waals surface area contributed by atoms with Crippen molar-refractivity contribution in [1.82, 2.24) is 4.98 Å². The van der Waals surface area contributed by atoms with Gasteiger partial charge >= 0.3 is 5.97 Å². The van der Waals surface area contributed by atoms with Gasteiger partial charge in [-0.2, -0.15) is 0 Å². The van der Waals surface area contributed by atoms with Gasteiger partial charge in [-0.3, -0.25) is 9.59 Å². The van der Waals surface area contributed by atoms with Crippen molar-refractivity contribution in [3.8, 4) is 0 Å². The Balaban J connectivity index is 1.49. The van der Waals surface area contributed by atoms with Crippen molar-refractivity contribution in [2.45, 2.75) is 161 Å². The monoisotopic (exact) mass is 649 g/mol.